The zero-order chi connectivity index (χ0) is 13.9. The zero-order valence-electron chi connectivity index (χ0n) is 12.0. The van der Waals surface area contributed by atoms with Crippen molar-refractivity contribution in [1.82, 2.24) is 5.32 Å². The van der Waals surface area contributed by atoms with Crippen molar-refractivity contribution in [2.75, 3.05) is 25.2 Å². The predicted octanol–water partition coefficient (Wildman–Crippen LogP) is 2.72. The van der Waals surface area contributed by atoms with Gasteiger partial charge in [-0.3, -0.25) is 4.21 Å². The van der Waals surface area contributed by atoms with Gasteiger partial charge in [0.05, 0.1) is 6.61 Å². The lowest BCUT2D eigenvalue weighted by Crippen LogP contribution is -2.16. The van der Waals surface area contributed by atoms with Crippen LogP contribution in [0, 0.1) is 0 Å². The average Bonchev–Trinajstić information content (AvgIpc) is 2.40. The molecule has 1 aromatic carbocycles. The van der Waals surface area contributed by atoms with E-state index in [1.54, 1.807) is 6.26 Å². The van der Waals surface area contributed by atoms with Crippen molar-refractivity contribution < 1.29 is 8.95 Å². The molecule has 0 aliphatic heterocycles. The summed E-state index contributed by atoms with van der Waals surface area (Å²) in [6.45, 7) is 4.72. The first-order valence-corrected chi connectivity index (χ1v) is 8.67. The van der Waals surface area contributed by atoms with Gasteiger partial charge in [0.2, 0.25) is 0 Å². The maximum Gasteiger partial charge on any atom is 0.119 e. The van der Waals surface area contributed by atoms with Gasteiger partial charge in [0, 0.05) is 29.4 Å². The lowest BCUT2D eigenvalue weighted by Gasteiger charge is -2.07. The second-order valence-corrected chi connectivity index (χ2v) is 6.21. The van der Waals surface area contributed by atoms with Crippen molar-refractivity contribution in [1.29, 1.82) is 0 Å². The first kappa shape index (κ1) is 16.2. The smallest absolute Gasteiger partial charge is 0.119 e. The van der Waals surface area contributed by atoms with Gasteiger partial charge in [-0.1, -0.05) is 25.5 Å². The maximum atomic E-state index is 10.9. The summed E-state index contributed by atoms with van der Waals surface area (Å²) in [5, 5.41) is 3.35. The molecular formula is C15H25NO2S. The van der Waals surface area contributed by atoms with Crippen LogP contribution in [0.25, 0.3) is 0 Å². The molecule has 0 aliphatic rings. The zero-order valence-corrected chi connectivity index (χ0v) is 12.8. The molecule has 1 atom stereocenters. The summed E-state index contributed by atoms with van der Waals surface area (Å²) >= 11 is 0. The summed E-state index contributed by atoms with van der Waals surface area (Å²) in [4.78, 5) is 0. The largest absolute Gasteiger partial charge is 0.494 e. The number of rotatable bonds is 10. The molecule has 0 aliphatic carbocycles. The summed E-state index contributed by atoms with van der Waals surface area (Å²) in [6, 6.07) is 8.22. The van der Waals surface area contributed by atoms with Crippen molar-refractivity contribution in [3.8, 4) is 5.75 Å². The van der Waals surface area contributed by atoms with Gasteiger partial charge >= 0.3 is 0 Å². The van der Waals surface area contributed by atoms with Crippen LogP contribution in [0.15, 0.2) is 24.3 Å². The Morgan fingerprint density at radius 1 is 1.21 bits per heavy atom. The van der Waals surface area contributed by atoms with Crippen LogP contribution in [-0.2, 0) is 17.3 Å². The fraction of sp³-hybridized carbons (Fsp3) is 0.600. The fourth-order valence-corrected chi connectivity index (χ4v) is 2.22. The molecule has 0 amide bonds. The number of ether oxygens (including phenoxy) is 1. The molecule has 0 fully saturated rings. The molecule has 19 heavy (non-hydrogen) atoms. The topological polar surface area (TPSA) is 38.3 Å². The lowest BCUT2D eigenvalue weighted by molar-refractivity contribution is 0.309. The van der Waals surface area contributed by atoms with Gasteiger partial charge in [-0.15, -0.1) is 0 Å². The van der Waals surface area contributed by atoms with Crippen LogP contribution in [-0.4, -0.2) is 29.4 Å². The van der Waals surface area contributed by atoms with Crippen LogP contribution in [0.2, 0.25) is 0 Å². The van der Waals surface area contributed by atoms with E-state index < -0.39 is 10.8 Å². The molecule has 0 saturated carbocycles. The SMILES string of the molecule is CCCCOc1ccc(CNCCCS(C)=O)cc1. The second-order valence-electron chi connectivity index (χ2n) is 4.65. The van der Waals surface area contributed by atoms with Crippen LogP contribution in [0.4, 0.5) is 0 Å². The highest BCUT2D eigenvalue weighted by molar-refractivity contribution is 7.84. The van der Waals surface area contributed by atoms with Crippen molar-refractivity contribution in [2.24, 2.45) is 0 Å². The van der Waals surface area contributed by atoms with Gasteiger partial charge in [-0.2, -0.15) is 0 Å². The minimum Gasteiger partial charge on any atom is -0.494 e. The lowest BCUT2D eigenvalue weighted by atomic mass is 10.2. The van der Waals surface area contributed by atoms with Crippen LogP contribution in [0.5, 0.6) is 5.75 Å². The quantitative estimate of drug-likeness (QED) is 0.671. The number of hydrogen-bond donors (Lipinski definition) is 1. The van der Waals surface area contributed by atoms with Gasteiger partial charge in [0.25, 0.3) is 0 Å². The molecule has 1 rings (SSSR count). The molecule has 0 heterocycles. The Kier molecular flexibility index (Phi) is 8.50. The van der Waals surface area contributed by atoms with E-state index in [9.17, 15) is 4.21 Å². The normalized spacial score (nSPS) is 12.3. The van der Waals surface area contributed by atoms with Gasteiger partial charge in [0.15, 0.2) is 0 Å². The van der Waals surface area contributed by atoms with Gasteiger partial charge in [0.1, 0.15) is 5.75 Å². The number of hydrogen-bond acceptors (Lipinski definition) is 3. The highest BCUT2D eigenvalue weighted by atomic mass is 32.2. The standard InChI is InChI=1S/C15H25NO2S/c1-3-4-11-18-15-8-6-14(7-9-15)13-16-10-5-12-19(2)17/h6-9,16H,3-5,10-13H2,1-2H3. The third-order valence-corrected chi connectivity index (χ3v) is 3.67. The summed E-state index contributed by atoms with van der Waals surface area (Å²) in [5.74, 6) is 1.72. The molecule has 0 saturated heterocycles. The van der Waals surface area contributed by atoms with Crippen molar-refractivity contribution in [3.05, 3.63) is 29.8 Å². The van der Waals surface area contributed by atoms with Crippen molar-refractivity contribution >= 4 is 10.8 Å². The summed E-state index contributed by atoms with van der Waals surface area (Å²) < 4.78 is 16.5. The monoisotopic (exact) mass is 283 g/mol. The summed E-state index contributed by atoms with van der Waals surface area (Å²) in [6.07, 6.45) is 4.96. The minimum atomic E-state index is -0.677. The molecule has 4 heteroatoms. The van der Waals surface area contributed by atoms with E-state index in [1.165, 1.54) is 5.56 Å². The van der Waals surface area contributed by atoms with Crippen molar-refractivity contribution in [2.45, 2.75) is 32.7 Å². The molecule has 0 spiro atoms. The Morgan fingerprint density at radius 3 is 2.58 bits per heavy atom. The van der Waals surface area contributed by atoms with Gasteiger partial charge in [-0.25, -0.2) is 0 Å². The van der Waals surface area contributed by atoms with Crippen LogP contribution < -0.4 is 10.1 Å². The summed E-state index contributed by atoms with van der Waals surface area (Å²) in [7, 11) is -0.677. The molecule has 1 unspecified atom stereocenters. The Hall–Kier alpha value is -0.870. The number of unbranched alkanes of at least 4 members (excludes halogenated alkanes) is 1. The van der Waals surface area contributed by atoms with E-state index in [0.717, 1.165) is 50.5 Å². The van der Waals surface area contributed by atoms with Crippen LogP contribution >= 0.6 is 0 Å². The molecular weight excluding hydrogens is 258 g/mol. The number of benzene rings is 1. The average molecular weight is 283 g/mol. The van der Waals surface area contributed by atoms with Crippen molar-refractivity contribution in [3.63, 3.8) is 0 Å². The van der Waals surface area contributed by atoms with Gasteiger partial charge < -0.3 is 10.1 Å². The molecule has 1 aromatic rings. The van der Waals surface area contributed by atoms with Crippen LogP contribution in [0.3, 0.4) is 0 Å². The number of nitrogens with one attached hydrogen (secondary N) is 1. The van der Waals surface area contributed by atoms with E-state index >= 15 is 0 Å². The second kappa shape index (κ2) is 9.98. The van der Waals surface area contributed by atoms with E-state index in [4.69, 9.17) is 4.74 Å². The van der Waals surface area contributed by atoms with Crippen LogP contribution in [0.1, 0.15) is 31.7 Å². The Labute approximate surface area is 119 Å². The van der Waals surface area contributed by atoms with E-state index in [-0.39, 0.29) is 0 Å². The highest BCUT2D eigenvalue weighted by Crippen LogP contribution is 2.12. The fourth-order valence-electron chi connectivity index (χ4n) is 1.67. The Balaban J connectivity index is 2.18. The Morgan fingerprint density at radius 2 is 1.95 bits per heavy atom. The molecule has 0 bridgehead atoms. The van der Waals surface area contributed by atoms with E-state index in [0.29, 0.717) is 0 Å². The molecule has 108 valence electrons. The molecule has 0 radical (unpaired) electrons. The molecule has 3 nitrogen and oxygen atoms in total. The maximum absolute atomic E-state index is 10.9. The third kappa shape index (κ3) is 8.01. The van der Waals surface area contributed by atoms with Gasteiger partial charge in [-0.05, 0) is 37.1 Å². The van der Waals surface area contributed by atoms with E-state index in [2.05, 4.69) is 24.4 Å². The predicted molar refractivity (Wildman–Crippen MR) is 82.1 cm³/mol. The van der Waals surface area contributed by atoms with E-state index in [1.807, 2.05) is 12.1 Å². The first-order valence-electron chi connectivity index (χ1n) is 6.95. The third-order valence-electron chi connectivity index (χ3n) is 2.80. The summed E-state index contributed by atoms with van der Waals surface area (Å²) in [5.41, 5.74) is 1.25. The molecule has 0 aromatic heterocycles. The highest BCUT2D eigenvalue weighted by Gasteiger charge is 1.96. The molecule has 1 N–H and O–H groups in total. The first-order chi connectivity index (χ1) is 9.22. The minimum absolute atomic E-state index is 0.677. The Bertz CT molecular complexity index is 365.